The minimum atomic E-state index is -6.10. The number of benzene rings is 2. The molecule has 0 amide bonds. The lowest BCUT2D eigenvalue weighted by molar-refractivity contribution is -0.314. The lowest BCUT2D eigenvalue weighted by atomic mass is 9.80. The highest BCUT2D eigenvalue weighted by Crippen LogP contribution is 2.52. The third-order valence-corrected chi connectivity index (χ3v) is 5.44. The van der Waals surface area contributed by atoms with E-state index < -0.39 is 76.3 Å². The molecule has 0 aromatic heterocycles. The van der Waals surface area contributed by atoms with Crippen molar-refractivity contribution in [1.29, 1.82) is 0 Å². The van der Waals surface area contributed by atoms with E-state index in [0.29, 0.717) is 24.3 Å². The average molecular weight is 580 g/mol. The maximum absolute atomic E-state index is 13.8. The fourth-order valence-electron chi connectivity index (χ4n) is 3.84. The Hall–Kier alpha value is -3.72. The molecule has 0 saturated carbocycles. The van der Waals surface area contributed by atoms with Gasteiger partial charge in [-0.1, -0.05) is 18.2 Å². The van der Waals surface area contributed by atoms with Gasteiger partial charge in [0.15, 0.2) is 5.92 Å². The molecule has 0 fully saturated rings. The summed E-state index contributed by atoms with van der Waals surface area (Å²) in [5, 5.41) is 0. The molecule has 39 heavy (non-hydrogen) atoms. The summed E-state index contributed by atoms with van der Waals surface area (Å²) in [4.78, 5) is 0. The summed E-state index contributed by atoms with van der Waals surface area (Å²) < 4.78 is 175. The predicted octanol–water partition coefficient (Wildman–Crippen LogP) is 7.53. The van der Waals surface area contributed by atoms with Crippen molar-refractivity contribution < 1.29 is 62.2 Å². The maximum atomic E-state index is 13.8. The first-order chi connectivity index (χ1) is 17.6. The van der Waals surface area contributed by atoms with E-state index in [4.69, 9.17) is 20.9 Å². The first-order valence-electron chi connectivity index (χ1n) is 10.5. The highest BCUT2D eigenvalue weighted by Gasteiger charge is 2.66. The third kappa shape index (κ3) is 6.47. The Labute approximate surface area is 211 Å². The molecule has 16 heteroatoms. The van der Waals surface area contributed by atoms with Crippen LogP contribution >= 0.6 is 0 Å². The average Bonchev–Trinajstić information content (AvgIpc) is 2.74. The molecule has 0 saturated heterocycles. The molecule has 4 nitrogen and oxygen atoms in total. The van der Waals surface area contributed by atoms with Gasteiger partial charge in [-0.05, 0) is 36.4 Å². The molecular weight excluding hydrogens is 564 g/mol. The molecule has 2 aromatic rings. The number of halogens is 12. The molecule has 2 aromatic carbocycles. The van der Waals surface area contributed by atoms with Gasteiger partial charge in [-0.25, -0.2) is 0 Å². The number of allylic oxidation sites excluding steroid dienone is 2. The highest BCUT2D eigenvalue weighted by atomic mass is 19.4. The van der Waals surface area contributed by atoms with E-state index in [2.05, 4.69) is 0 Å². The normalized spacial score (nSPS) is 17.9. The summed E-state index contributed by atoms with van der Waals surface area (Å²) in [6, 6.07) is 3.08. The van der Waals surface area contributed by atoms with Gasteiger partial charge in [-0.3, -0.25) is 0 Å². The van der Waals surface area contributed by atoms with Gasteiger partial charge in [0.05, 0.1) is 17.0 Å². The number of alkyl halides is 12. The molecule has 214 valence electrons. The Morgan fingerprint density at radius 3 is 1.41 bits per heavy atom. The Kier molecular flexibility index (Phi) is 7.49. The van der Waals surface area contributed by atoms with Crippen molar-refractivity contribution in [1.82, 2.24) is 0 Å². The Balaban J connectivity index is 2.33. The van der Waals surface area contributed by atoms with Crippen LogP contribution in [0.15, 0.2) is 60.7 Å². The number of rotatable bonds is 5. The molecule has 0 spiro atoms. The lowest BCUT2D eigenvalue weighted by Gasteiger charge is -2.43. The topological polar surface area (TPSA) is 70.5 Å². The van der Waals surface area contributed by atoms with Crippen molar-refractivity contribution in [2.75, 3.05) is 11.5 Å². The fraction of sp³-hybridized carbons (Fsp3) is 0.304. The molecule has 0 bridgehead atoms. The minimum Gasteiger partial charge on any atom is -0.448 e. The molecule has 1 unspecified atom stereocenters. The van der Waals surface area contributed by atoms with E-state index in [0.717, 1.165) is 18.2 Å². The van der Waals surface area contributed by atoms with Gasteiger partial charge >= 0.3 is 24.7 Å². The van der Waals surface area contributed by atoms with Gasteiger partial charge in [-0.2, -0.15) is 52.7 Å². The molecule has 1 aliphatic rings. The van der Waals surface area contributed by atoms with Crippen molar-refractivity contribution in [2.24, 2.45) is 11.8 Å². The van der Waals surface area contributed by atoms with E-state index in [1.807, 2.05) is 0 Å². The first-order valence-corrected chi connectivity index (χ1v) is 10.5. The van der Waals surface area contributed by atoms with Crippen molar-refractivity contribution in [3.63, 3.8) is 0 Å². The van der Waals surface area contributed by atoms with Crippen molar-refractivity contribution in [3.8, 4) is 11.5 Å². The second-order valence-electron chi connectivity index (χ2n) is 8.26. The van der Waals surface area contributed by atoms with E-state index in [9.17, 15) is 52.7 Å². The molecule has 1 atom stereocenters. The van der Waals surface area contributed by atoms with Gasteiger partial charge in [0.1, 0.15) is 11.5 Å². The first kappa shape index (κ1) is 29.8. The predicted molar refractivity (Wildman–Crippen MR) is 113 cm³/mol. The summed E-state index contributed by atoms with van der Waals surface area (Å²) in [5.74, 6) is -13.7. The monoisotopic (exact) mass is 580 g/mol. The lowest BCUT2D eigenvalue weighted by Crippen LogP contribution is -2.57. The molecule has 0 radical (unpaired) electrons. The van der Waals surface area contributed by atoms with Crippen molar-refractivity contribution in [2.45, 2.75) is 30.5 Å². The quantitative estimate of drug-likeness (QED) is 0.218. The summed E-state index contributed by atoms with van der Waals surface area (Å²) in [6.07, 6.45) is -20.8. The van der Waals surface area contributed by atoms with Crippen molar-refractivity contribution >= 4 is 11.4 Å². The number of hydrogen-bond acceptors (Lipinski definition) is 4. The fourth-order valence-corrected chi connectivity index (χ4v) is 3.84. The van der Waals surface area contributed by atoms with Crippen LogP contribution in [0.25, 0.3) is 0 Å². The maximum Gasteiger partial charge on any atom is 0.420 e. The summed E-state index contributed by atoms with van der Waals surface area (Å²) in [6.45, 7) is 0. The number of nitrogen functional groups attached to an aromatic ring is 2. The summed E-state index contributed by atoms with van der Waals surface area (Å²) in [5.41, 5.74) is 6.17. The molecule has 4 N–H and O–H groups in total. The van der Waals surface area contributed by atoms with Crippen LogP contribution in [-0.2, 0) is 12.4 Å². The zero-order valence-corrected chi connectivity index (χ0v) is 18.9. The van der Waals surface area contributed by atoms with E-state index in [1.54, 1.807) is 0 Å². The number of anilines is 2. The zero-order valence-electron chi connectivity index (χ0n) is 18.9. The van der Waals surface area contributed by atoms with Crippen LogP contribution in [0.4, 0.5) is 64.1 Å². The van der Waals surface area contributed by atoms with E-state index in [1.165, 1.54) is 0 Å². The minimum absolute atomic E-state index is 0.265. The molecule has 1 aliphatic carbocycles. The van der Waals surface area contributed by atoms with Gasteiger partial charge in [0.25, 0.3) is 5.79 Å². The second kappa shape index (κ2) is 9.79. The van der Waals surface area contributed by atoms with Crippen LogP contribution in [0.2, 0.25) is 0 Å². The second-order valence-corrected chi connectivity index (χ2v) is 8.26. The number of hydrogen-bond donors (Lipinski definition) is 2. The van der Waals surface area contributed by atoms with Crippen LogP contribution in [0, 0.1) is 11.8 Å². The van der Waals surface area contributed by atoms with Gasteiger partial charge < -0.3 is 20.9 Å². The van der Waals surface area contributed by atoms with Crippen LogP contribution in [-0.4, -0.2) is 18.1 Å². The molecule has 0 heterocycles. The van der Waals surface area contributed by atoms with E-state index in [-0.39, 0.29) is 18.2 Å². The van der Waals surface area contributed by atoms with E-state index >= 15 is 0 Å². The molecule has 3 rings (SSSR count). The van der Waals surface area contributed by atoms with Gasteiger partial charge in [-0.15, -0.1) is 0 Å². The van der Waals surface area contributed by atoms with Crippen LogP contribution < -0.4 is 20.9 Å². The number of ether oxygens (including phenoxy) is 2. The van der Waals surface area contributed by atoms with Gasteiger partial charge in [0.2, 0.25) is 0 Å². The smallest absolute Gasteiger partial charge is 0.420 e. The Bertz CT molecular complexity index is 1180. The van der Waals surface area contributed by atoms with Crippen molar-refractivity contribution in [3.05, 3.63) is 71.8 Å². The summed E-state index contributed by atoms with van der Waals surface area (Å²) >= 11 is 0. The molecule has 0 aliphatic heterocycles. The zero-order chi connectivity index (χ0) is 29.6. The molecular formula is C23H16F12N2O2. The van der Waals surface area contributed by atoms with Crippen LogP contribution in [0.5, 0.6) is 11.5 Å². The van der Waals surface area contributed by atoms with Crippen LogP contribution in [0.1, 0.15) is 11.1 Å². The van der Waals surface area contributed by atoms with Crippen LogP contribution in [0.3, 0.4) is 0 Å². The number of nitrogens with two attached hydrogens (primary N) is 2. The standard InChI is InChI=1S/C23H16F12N2O2/c24-20(25,26)14-9-11(36)4-6-16(14)38-19(39-17-7-5-12(37)10-15(17)21(27,28)29)8-2-1-3-13(19)18(22(30,31)32)23(33,34)35/h1-10,13,18H,36-37H2. The Morgan fingerprint density at radius 1 is 0.641 bits per heavy atom. The Morgan fingerprint density at radius 2 is 1.05 bits per heavy atom. The third-order valence-electron chi connectivity index (χ3n) is 5.44. The largest absolute Gasteiger partial charge is 0.448 e. The highest BCUT2D eigenvalue weighted by molar-refractivity contribution is 5.51. The SMILES string of the molecule is Nc1ccc(OC2(Oc3ccc(N)cc3C(F)(F)F)C=CC=CC2C(C(F)(F)F)C(F)(F)F)c(C(F)(F)F)c1. The summed E-state index contributed by atoms with van der Waals surface area (Å²) in [7, 11) is 0. The van der Waals surface area contributed by atoms with Gasteiger partial charge in [0, 0.05) is 17.5 Å².